The number of fused-ring (bicyclic) bond motifs is 1. The Kier molecular flexibility index (Phi) is 18.1. The van der Waals surface area contributed by atoms with E-state index in [-0.39, 0.29) is 5.97 Å². The molecule has 2 aromatic heterocycles. The topological polar surface area (TPSA) is 79.1 Å². The lowest BCUT2D eigenvalue weighted by atomic mass is 10.1. The lowest BCUT2D eigenvalue weighted by molar-refractivity contribution is -0.143. The first-order valence-electron chi connectivity index (χ1n) is 15.1. The SMILES string of the molecule is CCCCC/C=C\C/C=C\CCCCCCCCOc1c2ncnc(SCCCCC(=O)OCC)c2nn1C. The van der Waals surface area contributed by atoms with E-state index in [1.165, 1.54) is 64.2 Å². The second kappa shape index (κ2) is 21.5. The van der Waals surface area contributed by atoms with Crippen LogP contribution in [0.2, 0.25) is 0 Å². The predicted octanol–water partition coefficient (Wildman–Crippen LogP) is 8.38. The number of hydrogen-bond acceptors (Lipinski definition) is 7. The maximum absolute atomic E-state index is 11.5. The molecule has 0 spiro atoms. The van der Waals surface area contributed by atoms with Gasteiger partial charge in [-0.3, -0.25) is 4.79 Å². The van der Waals surface area contributed by atoms with Crippen LogP contribution in [0.15, 0.2) is 35.7 Å². The summed E-state index contributed by atoms with van der Waals surface area (Å²) in [5.74, 6) is 1.45. The summed E-state index contributed by atoms with van der Waals surface area (Å²) in [6.07, 6.45) is 27.8. The smallest absolute Gasteiger partial charge is 0.305 e. The van der Waals surface area contributed by atoms with Crippen molar-refractivity contribution < 1.29 is 14.3 Å². The molecule has 0 fully saturated rings. The highest BCUT2D eigenvalue weighted by Crippen LogP contribution is 2.30. The molecule has 218 valence electrons. The van der Waals surface area contributed by atoms with Crippen molar-refractivity contribution in [2.24, 2.45) is 7.05 Å². The molecular weight excluding hydrogens is 508 g/mol. The minimum atomic E-state index is -0.127. The van der Waals surface area contributed by atoms with E-state index in [4.69, 9.17) is 9.47 Å². The summed E-state index contributed by atoms with van der Waals surface area (Å²) in [4.78, 5) is 20.3. The first-order valence-corrected chi connectivity index (χ1v) is 16.0. The van der Waals surface area contributed by atoms with Crippen LogP contribution in [0.25, 0.3) is 11.0 Å². The standard InChI is InChI=1S/C31H50N4O3S/c1-4-6-7-8-9-10-11-12-13-14-15-16-17-18-19-21-24-38-31-29-28(34-35(31)3)30(33-26-32-29)39-25-22-20-23-27(36)37-5-2/h9-10,12-13,26H,4-8,11,14-25H2,1-3H3/b10-9-,13-12-. The predicted molar refractivity (Wildman–Crippen MR) is 162 cm³/mol. The molecule has 2 heterocycles. The molecule has 0 unspecified atom stereocenters. The van der Waals surface area contributed by atoms with Gasteiger partial charge in [0.25, 0.3) is 0 Å². The second-order valence-electron chi connectivity index (χ2n) is 9.85. The van der Waals surface area contributed by atoms with Gasteiger partial charge in [0.15, 0.2) is 5.52 Å². The quantitative estimate of drug-likeness (QED) is 0.0445. The summed E-state index contributed by atoms with van der Waals surface area (Å²) >= 11 is 1.65. The molecule has 0 atom stereocenters. The van der Waals surface area contributed by atoms with Crippen LogP contribution in [-0.2, 0) is 16.6 Å². The van der Waals surface area contributed by atoms with Crippen molar-refractivity contribution in [1.29, 1.82) is 0 Å². The molecule has 0 N–H and O–H groups in total. The number of unbranched alkanes of at least 4 members (excludes halogenated alkanes) is 10. The Bertz CT molecular complexity index is 990. The summed E-state index contributed by atoms with van der Waals surface area (Å²) in [6, 6.07) is 0. The third-order valence-corrected chi connectivity index (χ3v) is 7.50. The maximum atomic E-state index is 11.5. The van der Waals surface area contributed by atoms with Gasteiger partial charge in [-0.05, 0) is 64.0 Å². The number of aromatic nitrogens is 4. The van der Waals surface area contributed by atoms with Crippen molar-refractivity contribution >= 4 is 28.8 Å². The fourth-order valence-corrected chi connectivity index (χ4v) is 5.20. The Morgan fingerprint density at radius 1 is 0.872 bits per heavy atom. The number of carbonyl (C=O) groups excluding carboxylic acids is 1. The molecule has 0 amide bonds. The molecule has 0 saturated heterocycles. The third-order valence-electron chi connectivity index (χ3n) is 6.44. The lowest BCUT2D eigenvalue weighted by Gasteiger charge is -2.06. The second-order valence-corrected chi connectivity index (χ2v) is 10.9. The number of nitrogens with zero attached hydrogens (tertiary/aromatic N) is 4. The monoisotopic (exact) mass is 558 g/mol. The van der Waals surface area contributed by atoms with Gasteiger partial charge in [-0.25, -0.2) is 14.6 Å². The minimum Gasteiger partial charge on any atom is -0.476 e. The molecular formula is C31H50N4O3S. The van der Waals surface area contributed by atoms with E-state index in [2.05, 4.69) is 46.3 Å². The van der Waals surface area contributed by atoms with E-state index in [0.717, 1.165) is 47.5 Å². The van der Waals surface area contributed by atoms with Crippen molar-refractivity contribution in [3.05, 3.63) is 30.6 Å². The number of rotatable bonds is 23. The molecule has 0 bridgehead atoms. The first kappa shape index (κ1) is 32.9. The van der Waals surface area contributed by atoms with Crippen LogP contribution in [0.5, 0.6) is 5.88 Å². The van der Waals surface area contributed by atoms with Crippen LogP contribution >= 0.6 is 11.8 Å². The molecule has 0 aliphatic rings. The Morgan fingerprint density at radius 3 is 2.33 bits per heavy atom. The number of hydrogen-bond donors (Lipinski definition) is 0. The lowest BCUT2D eigenvalue weighted by Crippen LogP contribution is -2.03. The summed E-state index contributed by atoms with van der Waals surface area (Å²) < 4.78 is 12.8. The Morgan fingerprint density at radius 2 is 1.59 bits per heavy atom. The number of carbonyl (C=O) groups is 1. The van der Waals surface area contributed by atoms with Crippen LogP contribution in [0.3, 0.4) is 0 Å². The van der Waals surface area contributed by atoms with E-state index >= 15 is 0 Å². The van der Waals surface area contributed by atoms with E-state index in [9.17, 15) is 4.79 Å². The molecule has 0 radical (unpaired) electrons. The van der Waals surface area contributed by atoms with Gasteiger partial charge < -0.3 is 9.47 Å². The van der Waals surface area contributed by atoms with Gasteiger partial charge in [-0.2, -0.15) is 5.10 Å². The van der Waals surface area contributed by atoms with Gasteiger partial charge >= 0.3 is 5.97 Å². The molecule has 2 aromatic rings. The van der Waals surface area contributed by atoms with Crippen molar-refractivity contribution in [2.45, 2.75) is 115 Å². The number of aryl methyl sites for hydroxylation is 1. The molecule has 0 aliphatic heterocycles. The number of ether oxygens (including phenoxy) is 2. The Balaban J connectivity index is 1.57. The number of thioether (sulfide) groups is 1. The Hall–Kier alpha value is -2.35. The van der Waals surface area contributed by atoms with Crippen LogP contribution in [0.4, 0.5) is 0 Å². The van der Waals surface area contributed by atoms with Crippen molar-refractivity contribution in [3.8, 4) is 5.88 Å². The molecule has 8 heteroatoms. The number of esters is 1. The average molecular weight is 559 g/mol. The maximum Gasteiger partial charge on any atom is 0.305 e. The van der Waals surface area contributed by atoms with Crippen molar-refractivity contribution in [2.75, 3.05) is 19.0 Å². The molecule has 2 rings (SSSR count). The van der Waals surface area contributed by atoms with Gasteiger partial charge in [0.2, 0.25) is 5.88 Å². The highest BCUT2D eigenvalue weighted by Gasteiger charge is 2.16. The van der Waals surface area contributed by atoms with Gasteiger partial charge in [0.1, 0.15) is 16.9 Å². The highest BCUT2D eigenvalue weighted by molar-refractivity contribution is 7.99. The zero-order valence-electron chi connectivity index (χ0n) is 24.5. The van der Waals surface area contributed by atoms with Gasteiger partial charge in [-0.15, -0.1) is 11.8 Å². The first-order chi connectivity index (χ1) is 19.2. The summed E-state index contributed by atoms with van der Waals surface area (Å²) in [6.45, 7) is 5.19. The van der Waals surface area contributed by atoms with E-state index in [1.54, 1.807) is 22.8 Å². The van der Waals surface area contributed by atoms with Gasteiger partial charge in [0.05, 0.1) is 13.2 Å². The van der Waals surface area contributed by atoms with E-state index in [1.807, 2.05) is 14.0 Å². The third kappa shape index (κ3) is 14.0. The molecule has 39 heavy (non-hydrogen) atoms. The highest BCUT2D eigenvalue weighted by atomic mass is 32.2. The van der Waals surface area contributed by atoms with E-state index in [0.29, 0.717) is 25.5 Å². The Labute approximate surface area is 240 Å². The summed E-state index contributed by atoms with van der Waals surface area (Å²) in [7, 11) is 1.89. The largest absolute Gasteiger partial charge is 0.476 e. The summed E-state index contributed by atoms with van der Waals surface area (Å²) in [5.41, 5.74) is 1.55. The van der Waals surface area contributed by atoms with E-state index < -0.39 is 0 Å². The van der Waals surface area contributed by atoms with Crippen LogP contribution < -0.4 is 4.74 Å². The fourth-order valence-electron chi connectivity index (χ4n) is 4.26. The summed E-state index contributed by atoms with van der Waals surface area (Å²) in [5, 5.41) is 5.48. The van der Waals surface area contributed by atoms with Crippen LogP contribution in [0, 0.1) is 0 Å². The zero-order chi connectivity index (χ0) is 28.0. The van der Waals surface area contributed by atoms with Crippen LogP contribution in [-0.4, -0.2) is 44.7 Å². The minimum absolute atomic E-state index is 0.127. The number of allylic oxidation sites excluding steroid dienone is 4. The average Bonchev–Trinajstić information content (AvgIpc) is 3.26. The van der Waals surface area contributed by atoms with Crippen molar-refractivity contribution in [1.82, 2.24) is 19.7 Å². The molecule has 0 aliphatic carbocycles. The normalized spacial score (nSPS) is 11.8. The molecule has 0 saturated carbocycles. The van der Waals surface area contributed by atoms with Gasteiger partial charge in [-0.1, -0.05) is 69.8 Å². The zero-order valence-corrected chi connectivity index (χ0v) is 25.4. The fraction of sp³-hybridized carbons (Fsp3) is 0.677. The van der Waals surface area contributed by atoms with Gasteiger partial charge in [0, 0.05) is 13.5 Å². The molecule has 0 aromatic carbocycles. The van der Waals surface area contributed by atoms with Crippen LogP contribution in [0.1, 0.15) is 110 Å². The molecule has 7 nitrogen and oxygen atoms in total. The van der Waals surface area contributed by atoms with Crippen molar-refractivity contribution in [3.63, 3.8) is 0 Å².